The van der Waals surface area contributed by atoms with Gasteiger partial charge in [0.1, 0.15) is 4.34 Å². The van der Waals surface area contributed by atoms with Crippen molar-refractivity contribution in [3.8, 4) is 0 Å². The van der Waals surface area contributed by atoms with E-state index in [9.17, 15) is 9.59 Å². The fourth-order valence-corrected chi connectivity index (χ4v) is 2.67. The van der Waals surface area contributed by atoms with Gasteiger partial charge in [0.2, 0.25) is 5.91 Å². The van der Waals surface area contributed by atoms with Crippen molar-refractivity contribution in [3.05, 3.63) is 20.3 Å². The summed E-state index contributed by atoms with van der Waals surface area (Å²) in [5, 5.41) is 11.0. The lowest BCUT2D eigenvalue weighted by molar-refractivity contribution is -0.121. The second-order valence-electron chi connectivity index (χ2n) is 3.23. The highest BCUT2D eigenvalue weighted by Crippen LogP contribution is 2.31. The number of aliphatic hydroxyl groups excluding tert-OH is 1. The third kappa shape index (κ3) is 4.63. The molecule has 1 aromatic heterocycles. The lowest BCUT2D eigenvalue weighted by Gasteiger charge is -2.02. The standard InChI is InChI=1S/C10H11Cl2NO3S/c11-8-5-6(10(12)17-8)7(15)1-2-9(16)13-3-4-14/h5,14H,1-4H2,(H,13,16). The SMILES string of the molecule is O=C(CCC(=O)c1cc(Cl)sc1Cl)NCCO. The van der Waals surface area contributed by atoms with Gasteiger partial charge in [0.15, 0.2) is 5.78 Å². The molecule has 0 radical (unpaired) electrons. The number of aliphatic hydroxyl groups is 1. The van der Waals surface area contributed by atoms with Crippen LogP contribution in [-0.4, -0.2) is 29.9 Å². The molecular weight excluding hydrogens is 285 g/mol. The number of amides is 1. The first-order valence-electron chi connectivity index (χ1n) is 4.90. The number of thiophene rings is 1. The quantitative estimate of drug-likeness (QED) is 0.790. The number of carbonyl (C=O) groups excluding carboxylic acids is 2. The van der Waals surface area contributed by atoms with E-state index in [-0.39, 0.29) is 37.7 Å². The minimum absolute atomic E-state index is 0.0721. The molecule has 0 bridgehead atoms. The molecule has 1 heterocycles. The van der Waals surface area contributed by atoms with Gasteiger partial charge in [-0.15, -0.1) is 11.3 Å². The zero-order valence-electron chi connectivity index (χ0n) is 8.83. The van der Waals surface area contributed by atoms with E-state index in [4.69, 9.17) is 28.3 Å². The summed E-state index contributed by atoms with van der Waals surface area (Å²) in [5.74, 6) is -0.484. The van der Waals surface area contributed by atoms with Crippen molar-refractivity contribution in [2.24, 2.45) is 0 Å². The zero-order chi connectivity index (χ0) is 12.8. The van der Waals surface area contributed by atoms with Crippen LogP contribution in [0.5, 0.6) is 0 Å². The van der Waals surface area contributed by atoms with Crippen LogP contribution in [0.1, 0.15) is 23.2 Å². The molecule has 0 unspecified atom stereocenters. The van der Waals surface area contributed by atoms with Gasteiger partial charge in [0, 0.05) is 24.9 Å². The summed E-state index contributed by atoms with van der Waals surface area (Å²) in [6.07, 6.45) is 0.146. The molecule has 0 aliphatic rings. The summed E-state index contributed by atoms with van der Waals surface area (Å²) < 4.78 is 0.791. The van der Waals surface area contributed by atoms with Crippen molar-refractivity contribution in [2.75, 3.05) is 13.2 Å². The number of hydrogen-bond acceptors (Lipinski definition) is 4. The predicted octanol–water partition coefficient (Wildman–Crippen LogP) is 2.13. The van der Waals surface area contributed by atoms with E-state index in [1.807, 2.05) is 0 Å². The maximum Gasteiger partial charge on any atom is 0.220 e. The Morgan fingerprint density at radius 1 is 1.35 bits per heavy atom. The summed E-state index contributed by atoms with van der Waals surface area (Å²) in [5.41, 5.74) is 0.358. The molecule has 94 valence electrons. The molecule has 4 nitrogen and oxygen atoms in total. The first-order valence-corrected chi connectivity index (χ1v) is 6.47. The number of nitrogens with one attached hydrogen (secondary N) is 1. The Morgan fingerprint density at radius 2 is 2.06 bits per heavy atom. The van der Waals surface area contributed by atoms with Gasteiger partial charge < -0.3 is 10.4 Å². The van der Waals surface area contributed by atoms with Crippen LogP contribution in [0.3, 0.4) is 0 Å². The number of ketones is 1. The van der Waals surface area contributed by atoms with Crippen molar-refractivity contribution in [1.29, 1.82) is 0 Å². The Balaban J connectivity index is 2.45. The highest BCUT2D eigenvalue weighted by Gasteiger charge is 2.15. The van der Waals surface area contributed by atoms with Crippen molar-refractivity contribution in [2.45, 2.75) is 12.8 Å². The van der Waals surface area contributed by atoms with Crippen molar-refractivity contribution in [1.82, 2.24) is 5.32 Å². The van der Waals surface area contributed by atoms with Crippen LogP contribution in [0, 0.1) is 0 Å². The Morgan fingerprint density at radius 3 is 2.59 bits per heavy atom. The number of halogens is 2. The summed E-state index contributed by atoms with van der Waals surface area (Å²) in [4.78, 5) is 22.9. The maximum atomic E-state index is 11.7. The molecule has 0 saturated carbocycles. The number of Topliss-reactive ketones (excluding diaryl/α,β-unsaturated/α-hetero) is 1. The van der Waals surface area contributed by atoms with E-state index in [1.54, 1.807) is 0 Å². The lowest BCUT2D eigenvalue weighted by Crippen LogP contribution is -2.26. The van der Waals surface area contributed by atoms with E-state index in [1.165, 1.54) is 6.07 Å². The predicted molar refractivity (Wildman–Crippen MR) is 68.0 cm³/mol. The van der Waals surface area contributed by atoms with Gasteiger partial charge in [-0.3, -0.25) is 9.59 Å². The summed E-state index contributed by atoms with van der Waals surface area (Å²) >= 11 is 12.7. The van der Waals surface area contributed by atoms with E-state index in [0.717, 1.165) is 11.3 Å². The van der Waals surface area contributed by atoms with Crippen LogP contribution in [-0.2, 0) is 4.79 Å². The zero-order valence-corrected chi connectivity index (χ0v) is 11.2. The maximum absolute atomic E-state index is 11.7. The third-order valence-electron chi connectivity index (χ3n) is 1.97. The smallest absolute Gasteiger partial charge is 0.220 e. The van der Waals surface area contributed by atoms with Crippen LogP contribution < -0.4 is 5.32 Å². The molecule has 0 aliphatic heterocycles. The minimum atomic E-state index is -0.273. The van der Waals surface area contributed by atoms with Crippen molar-refractivity contribution >= 4 is 46.2 Å². The highest BCUT2D eigenvalue weighted by molar-refractivity contribution is 7.20. The number of carbonyl (C=O) groups is 2. The monoisotopic (exact) mass is 295 g/mol. The molecule has 1 amide bonds. The van der Waals surface area contributed by atoms with E-state index in [2.05, 4.69) is 5.32 Å². The number of rotatable bonds is 6. The van der Waals surface area contributed by atoms with Crippen LogP contribution in [0.2, 0.25) is 8.67 Å². The van der Waals surface area contributed by atoms with Gasteiger partial charge in [-0.25, -0.2) is 0 Å². The van der Waals surface area contributed by atoms with Gasteiger partial charge in [-0.1, -0.05) is 23.2 Å². The Hall–Kier alpha value is -0.620. The molecule has 2 N–H and O–H groups in total. The van der Waals surface area contributed by atoms with Crippen molar-refractivity contribution in [3.63, 3.8) is 0 Å². The molecule has 7 heteroatoms. The van der Waals surface area contributed by atoms with E-state index in [0.29, 0.717) is 14.2 Å². The fourth-order valence-electron chi connectivity index (χ4n) is 1.18. The Bertz CT molecular complexity index is 420. The van der Waals surface area contributed by atoms with E-state index >= 15 is 0 Å². The Labute approximate surface area is 113 Å². The molecule has 0 atom stereocenters. The van der Waals surface area contributed by atoms with Gasteiger partial charge >= 0.3 is 0 Å². The average Bonchev–Trinajstić information content (AvgIpc) is 2.62. The summed E-state index contributed by atoms with van der Waals surface area (Å²) in [7, 11) is 0. The molecule has 0 aliphatic carbocycles. The molecule has 0 aromatic carbocycles. The van der Waals surface area contributed by atoms with Gasteiger partial charge in [0.05, 0.1) is 10.9 Å². The summed E-state index contributed by atoms with van der Waals surface area (Å²) in [6, 6.07) is 1.50. The number of hydrogen-bond donors (Lipinski definition) is 2. The molecule has 0 fully saturated rings. The molecule has 0 saturated heterocycles. The highest BCUT2D eigenvalue weighted by atomic mass is 35.5. The van der Waals surface area contributed by atoms with Gasteiger partial charge in [-0.05, 0) is 6.07 Å². The van der Waals surface area contributed by atoms with Crippen LogP contribution >= 0.6 is 34.5 Å². The third-order valence-corrected chi connectivity index (χ3v) is 3.46. The second-order valence-corrected chi connectivity index (χ2v) is 5.52. The molecule has 0 spiro atoms. The van der Waals surface area contributed by atoms with Crippen LogP contribution in [0.25, 0.3) is 0 Å². The van der Waals surface area contributed by atoms with Crippen LogP contribution in [0.4, 0.5) is 0 Å². The second kappa shape index (κ2) is 6.96. The normalized spacial score (nSPS) is 10.3. The summed E-state index contributed by atoms with van der Waals surface area (Å²) in [6.45, 7) is 0.0731. The largest absolute Gasteiger partial charge is 0.395 e. The average molecular weight is 296 g/mol. The fraction of sp³-hybridized carbons (Fsp3) is 0.400. The minimum Gasteiger partial charge on any atom is -0.395 e. The van der Waals surface area contributed by atoms with Gasteiger partial charge in [0.25, 0.3) is 0 Å². The first kappa shape index (κ1) is 14.4. The first-order chi connectivity index (χ1) is 8.04. The topological polar surface area (TPSA) is 66.4 Å². The van der Waals surface area contributed by atoms with Gasteiger partial charge in [-0.2, -0.15) is 0 Å². The molecular formula is C10H11Cl2NO3S. The van der Waals surface area contributed by atoms with Crippen molar-refractivity contribution < 1.29 is 14.7 Å². The molecule has 17 heavy (non-hydrogen) atoms. The van der Waals surface area contributed by atoms with E-state index < -0.39 is 0 Å². The lowest BCUT2D eigenvalue weighted by atomic mass is 10.1. The Kier molecular flexibility index (Phi) is 5.91. The molecule has 1 rings (SSSR count). The van der Waals surface area contributed by atoms with Crippen LogP contribution in [0.15, 0.2) is 6.07 Å². The molecule has 1 aromatic rings.